The molecular weight excluding hydrogens is 296 g/mol. The molecule has 0 amide bonds. The van der Waals surface area contributed by atoms with Gasteiger partial charge in [-0.1, -0.05) is 42.5 Å². The molecule has 0 radical (unpaired) electrons. The van der Waals surface area contributed by atoms with Crippen molar-refractivity contribution in [2.45, 2.75) is 25.3 Å². The summed E-state index contributed by atoms with van der Waals surface area (Å²) in [5, 5.41) is 0. The summed E-state index contributed by atoms with van der Waals surface area (Å²) in [6.07, 6.45) is 1.26. The lowest BCUT2D eigenvalue weighted by molar-refractivity contribution is -0.0660. The van der Waals surface area contributed by atoms with Crippen LogP contribution in [0.1, 0.15) is 28.8 Å². The second-order valence-electron chi connectivity index (χ2n) is 6.07. The summed E-state index contributed by atoms with van der Waals surface area (Å²) in [6, 6.07) is 15.3. The second-order valence-corrected chi connectivity index (χ2v) is 6.07. The normalized spacial score (nSPS) is 17.8. The Morgan fingerprint density at radius 2 is 1.91 bits per heavy atom. The number of benzene rings is 2. The maximum atomic E-state index is 13.6. The summed E-state index contributed by atoms with van der Waals surface area (Å²) in [5.41, 5.74) is 3.51. The number of hydrogen-bond donors (Lipinski definition) is 0. The molecule has 120 valence electrons. The van der Waals surface area contributed by atoms with Crippen molar-refractivity contribution in [3.05, 3.63) is 59.7 Å². The van der Waals surface area contributed by atoms with E-state index in [-0.39, 0.29) is 13.0 Å². The van der Waals surface area contributed by atoms with Crippen molar-refractivity contribution in [1.29, 1.82) is 0 Å². The number of rotatable bonds is 4. The molecule has 0 aromatic heterocycles. The Bertz CT molecular complexity index is 685. The Hall–Kier alpha value is -2.07. The van der Waals surface area contributed by atoms with Crippen molar-refractivity contribution < 1.29 is 13.6 Å². The molecule has 2 aromatic carbocycles. The Kier molecular flexibility index (Phi) is 4.53. The van der Waals surface area contributed by atoms with Gasteiger partial charge in [-0.05, 0) is 35.7 Å². The lowest BCUT2D eigenvalue weighted by Crippen LogP contribution is -2.42. The van der Waals surface area contributed by atoms with Crippen LogP contribution in [0, 0.1) is 0 Å². The molecule has 0 unspecified atom stereocenters. The number of halogens is 2. The van der Waals surface area contributed by atoms with E-state index in [0.717, 1.165) is 23.0 Å². The summed E-state index contributed by atoms with van der Waals surface area (Å²) in [7, 11) is 0. The van der Waals surface area contributed by atoms with Gasteiger partial charge in [0.2, 0.25) is 0 Å². The average Bonchev–Trinajstić information content (AvgIpc) is 2.54. The minimum Gasteiger partial charge on any atom is -0.298 e. The molecule has 0 bridgehead atoms. The molecule has 1 saturated heterocycles. The first-order valence-corrected chi connectivity index (χ1v) is 7.81. The fraction of sp³-hybridized carbons (Fsp3) is 0.316. The van der Waals surface area contributed by atoms with E-state index in [4.69, 9.17) is 0 Å². The van der Waals surface area contributed by atoms with E-state index in [2.05, 4.69) is 0 Å². The molecule has 4 heteroatoms. The topological polar surface area (TPSA) is 20.3 Å². The highest BCUT2D eigenvalue weighted by molar-refractivity contribution is 5.78. The summed E-state index contributed by atoms with van der Waals surface area (Å²) in [5.74, 6) is -2.62. The fourth-order valence-corrected chi connectivity index (χ4v) is 3.14. The quantitative estimate of drug-likeness (QED) is 0.780. The third-order valence-electron chi connectivity index (χ3n) is 4.22. The molecule has 0 saturated carbocycles. The van der Waals surface area contributed by atoms with Crippen LogP contribution in [0.25, 0.3) is 11.1 Å². The van der Waals surface area contributed by atoms with Crippen LogP contribution in [0.4, 0.5) is 8.78 Å². The van der Waals surface area contributed by atoms with Gasteiger partial charge in [-0.25, -0.2) is 8.78 Å². The highest BCUT2D eigenvalue weighted by Gasteiger charge is 2.35. The van der Waals surface area contributed by atoms with E-state index in [1.54, 1.807) is 11.0 Å². The number of hydrogen-bond acceptors (Lipinski definition) is 2. The Labute approximate surface area is 134 Å². The van der Waals surface area contributed by atoms with Crippen molar-refractivity contribution >= 4 is 6.29 Å². The minimum atomic E-state index is -2.62. The number of aldehydes is 1. The van der Waals surface area contributed by atoms with Crippen LogP contribution in [0.5, 0.6) is 0 Å². The van der Waals surface area contributed by atoms with Gasteiger partial charge >= 0.3 is 0 Å². The fourth-order valence-electron chi connectivity index (χ4n) is 3.14. The predicted molar refractivity (Wildman–Crippen MR) is 86.7 cm³/mol. The SMILES string of the molecule is O=Cc1ccc(-c2ccccc2)c(CN2CCCC(F)(F)C2)c1. The van der Waals surface area contributed by atoms with Crippen molar-refractivity contribution in [1.82, 2.24) is 4.90 Å². The minimum absolute atomic E-state index is 0.0383. The monoisotopic (exact) mass is 315 g/mol. The molecular formula is C19H19F2NO. The molecule has 0 N–H and O–H groups in total. The van der Waals surface area contributed by atoms with Crippen molar-refractivity contribution in [3.8, 4) is 11.1 Å². The first kappa shape index (κ1) is 15.8. The molecule has 1 fully saturated rings. The number of likely N-dealkylation sites (tertiary alicyclic amines) is 1. The molecule has 0 atom stereocenters. The van der Waals surface area contributed by atoms with E-state index < -0.39 is 5.92 Å². The zero-order valence-corrected chi connectivity index (χ0v) is 12.8. The Balaban J connectivity index is 1.91. The van der Waals surface area contributed by atoms with Gasteiger partial charge in [0.25, 0.3) is 5.92 Å². The van der Waals surface area contributed by atoms with Crippen molar-refractivity contribution in [3.63, 3.8) is 0 Å². The number of carbonyl (C=O) groups excluding carboxylic acids is 1. The van der Waals surface area contributed by atoms with Crippen LogP contribution in [0.2, 0.25) is 0 Å². The number of nitrogens with zero attached hydrogens (tertiary/aromatic N) is 1. The molecule has 1 heterocycles. The molecule has 3 rings (SSSR count). The average molecular weight is 315 g/mol. The van der Waals surface area contributed by atoms with Crippen LogP contribution in [0.15, 0.2) is 48.5 Å². The predicted octanol–water partition coefficient (Wildman–Crippen LogP) is 4.40. The van der Waals surface area contributed by atoms with Gasteiger partial charge in [0, 0.05) is 18.5 Å². The van der Waals surface area contributed by atoms with Crippen molar-refractivity contribution in [2.24, 2.45) is 0 Å². The third kappa shape index (κ3) is 3.82. The number of alkyl halides is 2. The van der Waals surface area contributed by atoms with Crippen LogP contribution in [-0.2, 0) is 6.54 Å². The highest BCUT2D eigenvalue weighted by atomic mass is 19.3. The summed E-state index contributed by atoms with van der Waals surface area (Å²) in [6.45, 7) is 0.878. The van der Waals surface area contributed by atoms with Crippen molar-refractivity contribution in [2.75, 3.05) is 13.1 Å². The van der Waals surface area contributed by atoms with Gasteiger partial charge in [0.05, 0.1) is 6.54 Å². The molecule has 2 aromatic rings. The van der Waals surface area contributed by atoms with Crippen LogP contribution in [0.3, 0.4) is 0 Å². The van der Waals surface area contributed by atoms with Crippen LogP contribution in [-0.4, -0.2) is 30.2 Å². The summed E-state index contributed by atoms with van der Waals surface area (Å²) in [4.78, 5) is 12.8. The molecule has 1 aliphatic heterocycles. The Morgan fingerprint density at radius 1 is 1.13 bits per heavy atom. The largest absolute Gasteiger partial charge is 0.298 e. The molecule has 0 spiro atoms. The van der Waals surface area contributed by atoms with Gasteiger partial charge in [0.15, 0.2) is 0 Å². The van der Waals surface area contributed by atoms with E-state index in [0.29, 0.717) is 25.1 Å². The second kappa shape index (κ2) is 6.59. The van der Waals surface area contributed by atoms with Crippen LogP contribution >= 0.6 is 0 Å². The first-order chi connectivity index (χ1) is 11.1. The third-order valence-corrected chi connectivity index (χ3v) is 4.22. The van der Waals surface area contributed by atoms with Crippen LogP contribution < -0.4 is 0 Å². The zero-order chi connectivity index (χ0) is 16.3. The van der Waals surface area contributed by atoms with E-state index in [1.807, 2.05) is 42.5 Å². The van der Waals surface area contributed by atoms with Gasteiger partial charge in [-0.15, -0.1) is 0 Å². The van der Waals surface area contributed by atoms with E-state index >= 15 is 0 Å². The first-order valence-electron chi connectivity index (χ1n) is 7.81. The van der Waals surface area contributed by atoms with E-state index in [1.165, 1.54) is 0 Å². The molecule has 1 aliphatic rings. The maximum Gasteiger partial charge on any atom is 0.260 e. The zero-order valence-electron chi connectivity index (χ0n) is 12.8. The lowest BCUT2D eigenvalue weighted by atomic mass is 9.96. The van der Waals surface area contributed by atoms with Gasteiger partial charge in [0.1, 0.15) is 6.29 Å². The number of carbonyl (C=O) groups is 1. The van der Waals surface area contributed by atoms with Gasteiger partial charge < -0.3 is 0 Å². The Morgan fingerprint density at radius 3 is 2.61 bits per heavy atom. The number of piperidine rings is 1. The highest BCUT2D eigenvalue weighted by Crippen LogP contribution is 2.30. The van der Waals surface area contributed by atoms with E-state index in [9.17, 15) is 13.6 Å². The lowest BCUT2D eigenvalue weighted by Gasteiger charge is -2.32. The molecule has 23 heavy (non-hydrogen) atoms. The molecule has 0 aliphatic carbocycles. The molecule has 2 nitrogen and oxygen atoms in total. The maximum absolute atomic E-state index is 13.6. The van der Waals surface area contributed by atoms with Gasteiger partial charge in [-0.3, -0.25) is 9.69 Å². The smallest absolute Gasteiger partial charge is 0.260 e. The summed E-state index contributed by atoms with van der Waals surface area (Å²) < 4.78 is 27.3. The summed E-state index contributed by atoms with van der Waals surface area (Å²) >= 11 is 0. The standard InChI is InChI=1S/C19H19F2NO/c20-19(21)9-4-10-22(14-19)12-17-11-15(13-23)7-8-18(17)16-5-2-1-3-6-16/h1-3,5-8,11,13H,4,9-10,12,14H2. The van der Waals surface area contributed by atoms with Gasteiger partial charge in [-0.2, -0.15) is 0 Å².